The van der Waals surface area contributed by atoms with E-state index in [1.807, 2.05) is 18.8 Å². The van der Waals surface area contributed by atoms with Crippen molar-refractivity contribution in [1.82, 2.24) is 10.2 Å². The van der Waals surface area contributed by atoms with Crippen molar-refractivity contribution < 1.29 is 5.11 Å². The normalized spacial score (nSPS) is 20.1. The lowest BCUT2D eigenvalue weighted by atomic mass is 9.83. The molecule has 0 aromatic rings. The number of aliphatic imine (C=N–C) groups is 1. The van der Waals surface area contributed by atoms with Crippen molar-refractivity contribution in [3.8, 4) is 0 Å². The van der Waals surface area contributed by atoms with Gasteiger partial charge in [-0.05, 0) is 26.7 Å². The van der Waals surface area contributed by atoms with Gasteiger partial charge in [0, 0.05) is 42.6 Å². The highest BCUT2D eigenvalue weighted by Gasteiger charge is 2.30. The SMILES string of the molecule is CCC(CC)(CO)CNC(=NC)N1CCSC(C)(C)C1. The second-order valence-electron chi connectivity index (χ2n) is 6.30. The first-order valence-electron chi connectivity index (χ1n) is 7.62. The lowest BCUT2D eigenvalue weighted by Gasteiger charge is -2.40. The first-order chi connectivity index (χ1) is 9.42. The molecule has 0 radical (unpaired) electrons. The van der Waals surface area contributed by atoms with Crippen molar-refractivity contribution in [3.05, 3.63) is 0 Å². The van der Waals surface area contributed by atoms with Crippen LogP contribution in [0.25, 0.3) is 0 Å². The van der Waals surface area contributed by atoms with Gasteiger partial charge in [0.25, 0.3) is 0 Å². The Bertz CT molecular complexity index is 319. The van der Waals surface area contributed by atoms with Crippen molar-refractivity contribution in [1.29, 1.82) is 0 Å². The molecule has 0 unspecified atom stereocenters. The van der Waals surface area contributed by atoms with E-state index in [0.29, 0.717) is 0 Å². The van der Waals surface area contributed by atoms with Gasteiger partial charge in [0.2, 0.25) is 0 Å². The Morgan fingerprint density at radius 1 is 1.40 bits per heavy atom. The molecular weight excluding hydrogens is 270 g/mol. The fourth-order valence-electron chi connectivity index (χ4n) is 2.58. The molecule has 1 saturated heterocycles. The first-order valence-corrected chi connectivity index (χ1v) is 8.61. The van der Waals surface area contributed by atoms with E-state index in [-0.39, 0.29) is 16.8 Å². The van der Waals surface area contributed by atoms with Crippen molar-refractivity contribution in [2.75, 3.05) is 39.0 Å². The van der Waals surface area contributed by atoms with E-state index in [9.17, 15) is 5.11 Å². The quantitative estimate of drug-likeness (QED) is 0.604. The molecule has 1 rings (SSSR count). The molecular formula is C15H31N3OS. The number of thioether (sulfide) groups is 1. The van der Waals surface area contributed by atoms with Crippen molar-refractivity contribution >= 4 is 17.7 Å². The van der Waals surface area contributed by atoms with Crippen LogP contribution in [0.3, 0.4) is 0 Å². The fourth-order valence-corrected chi connectivity index (χ4v) is 3.69. The van der Waals surface area contributed by atoms with Gasteiger partial charge in [-0.3, -0.25) is 4.99 Å². The average Bonchev–Trinajstić information content (AvgIpc) is 2.43. The predicted molar refractivity (Wildman–Crippen MR) is 89.6 cm³/mol. The Morgan fingerprint density at radius 2 is 2.05 bits per heavy atom. The summed E-state index contributed by atoms with van der Waals surface area (Å²) >= 11 is 2.02. The van der Waals surface area contributed by atoms with Crippen molar-refractivity contribution in [3.63, 3.8) is 0 Å². The van der Waals surface area contributed by atoms with Crippen LogP contribution in [-0.4, -0.2) is 59.8 Å². The number of aliphatic hydroxyl groups is 1. The zero-order valence-electron chi connectivity index (χ0n) is 13.7. The number of hydrogen-bond acceptors (Lipinski definition) is 3. The van der Waals surface area contributed by atoms with Gasteiger partial charge < -0.3 is 15.3 Å². The molecule has 1 fully saturated rings. The fraction of sp³-hybridized carbons (Fsp3) is 0.933. The third-order valence-electron chi connectivity index (χ3n) is 4.39. The van der Waals surface area contributed by atoms with Gasteiger partial charge in [-0.25, -0.2) is 0 Å². The standard InChI is InChI=1S/C15H31N3OS/c1-6-15(7-2,12-19)10-17-13(16-5)18-8-9-20-14(3,4)11-18/h19H,6-12H2,1-5H3,(H,16,17). The molecule has 0 saturated carbocycles. The summed E-state index contributed by atoms with van der Waals surface area (Å²) < 4.78 is 0.277. The number of nitrogens with one attached hydrogen (secondary N) is 1. The van der Waals surface area contributed by atoms with Crippen LogP contribution >= 0.6 is 11.8 Å². The summed E-state index contributed by atoms with van der Waals surface area (Å²) in [5.74, 6) is 2.11. The minimum absolute atomic E-state index is 0.0318. The van der Waals surface area contributed by atoms with Gasteiger partial charge in [0.15, 0.2) is 5.96 Å². The van der Waals surface area contributed by atoms with E-state index in [1.165, 1.54) is 0 Å². The Kier molecular flexibility index (Phi) is 6.65. The molecule has 0 spiro atoms. The highest BCUT2D eigenvalue weighted by Crippen LogP contribution is 2.29. The summed E-state index contributed by atoms with van der Waals surface area (Å²) in [7, 11) is 1.84. The molecule has 0 atom stereocenters. The van der Waals surface area contributed by atoms with Crippen LogP contribution < -0.4 is 5.32 Å². The summed E-state index contributed by atoms with van der Waals surface area (Å²) in [5.41, 5.74) is -0.0318. The Balaban J connectivity index is 2.64. The maximum Gasteiger partial charge on any atom is 0.193 e. The van der Waals surface area contributed by atoms with Gasteiger partial charge in [-0.15, -0.1) is 0 Å². The molecule has 1 aliphatic heterocycles. The molecule has 0 aliphatic carbocycles. The molecule has 118 valence electrons. The lowest BCUT2D eigenvalue weighted by molar-refractivity contribution is 0.117. The number of guanidine groups is 1. The molecule has 5 heteroatoms. The van der Waals surface area contributed by atoms with Crippen LogP contribution in [-0.2, 0) is 0 Å². The molecule has 0 aromatic carbocycles. The topological polar surface area (TPSA) is 47.9 Å². The summed E-state index contributed by atoms with van der Waals surface area (Å²) in [6.07, 6.45) is 1.96. The molecule has 1 aliphatic rings. The van der Waals surface area contributed by atoms with Crippen LogP contribution in [0.15, 0.2) is 4.99 Å². The molecule has 0 bridgehead atoms. The minimum atomic E-state index is -0.0318. The van der Waals surface area contributed by atoms with Crippen LogP contribution in [0.5, 0.6) is 0 Å². The Morgan fingerprint density at radius 3 is 2.50 bits per heavy atom. The van der Waals surface area contributed by atoms with E-state index in [0.717, 1.165) is 44.2 Å². The molecule has 4 nitrogen and oxygen atoms in total. The Hall–Kier alpha value is -0.420. The molecule has 0 amide bonds. The van der Waals surface area contributed by atoms with E-state index < -0.39 is 0 Å². The second kappa shape index (κ2) is 7.55. The third-order valence-corrected chi connectivity index (χ3v) is 5.69. The smallest absolute Gasteiger partial charge is 0.193 e. The number of rotatable bonds is 5. The second-order valence-corrected chi connectivity index (χ2v) is 8.10. The highest BCUT2D eigenvalue weighted by atomic mass is 32.2. The van der Waals surface area contributed by atoms with Gasteiger partial charge in [0.1, 0.15) is 0 Å². The van der Waals surface area contributed by atoms with Crippen LogP contribution in [0.1, 0.15) is 40.5 Å². The number of aliphatic hydroxyl groups excluding tert-OH is 1. The molecule has 1 heterocycles. The predicted octanol–water partition coefficient (Wildman–Crippen LogP) is 2.19. The summed E-state index contributed by atoms with van der Waals surface area (Å²) in [4.78, 5) is 6.76. The average molecular weight is 302 g/mol. The van der Waals surface area contributed by atoms with E-state index in [2.05, 4.69) is 42.9 Å². The van der Waals surface area contributed by atoms with Crippen LogP contribution in [0, 0.1) is 5.41 Å². The van der Waals surface area contributed by atoms with Gasteiger partial charge in [-0.2, -0.15) is 11.8 Å². The monoisotopic (exact) mass is 301 g/mol. The zero-order valence-corrected chi connectivity index (χ0v) is 14.5. The maximum atomic E-state index is 9.66. The zero-order chi connectivity index (χ0) is 15.2. The van der Waals surface area contributed by atoms with E-state index in [4.69, 9.17) is 0 Å². The minimum Gasteiger partial charge on any atom is -0.396 e. The van der Waals surface area contributed by atoms with Crippen LogP contribution in [0.4, 0.5) is 0 Å². The van der Waals surface area contributed by atoms with Gasteiger partial charge in [0.05, 0.1) is 6.61 Å². The maximum absolute atomic E-state index is 9.66. The number of hydrogen-bond donors (Lipinski definition) is 2. The van der Waals surface area contributed by atoms with Gasteiger partial charge in [-0.1, -0.05) is 13.8 Å². The van der Waals surface area contributed by atoms with Gasteiger partial charge >= 0.3 is 0 Å². The molecule has 20 heavy (non-hydrogen) atoms. The summed E-state index contributed by atoms with van der Waals surface area (Å²) in [6.45, 7) is 11.9. The Labute approximate surface area is 128 Å². The van der Waals surface area contributed by atoms with Crippen molar-refractivity contribution in [2.24, 2.45) is 10.4 Å². The third kappa shape index (κ3) is 4.55. The summed E-state index contributed by atoms with van der Waals surface area (Å²) in [6, 6.07) is 0. The summed E-state index contributed by atoms with van der Waals surface area (Å²) in [5, 5.41) is 13.1. The molecule has 2 N–H and O–H groups in total. The number of nitrogens with zero attached hydrogens (tertiary/aromatic N) is 2. The highest BCUT2D eigenvalue weighted by molar-refractivity contribution is 8.00. The van der Waals surface area contributed by atoms with Crippen molar-refractivity contribution in [2.45, 2.75) is 45.3 Å². The van der Waals surface area contributed by atoms with E-state index in [1.54, 1.807) is 0 Å². The van der Waals surface area contributed by atoms with Crippen LogP contribution in [0.2, 0.25) is 0 Å². The molecule has 0 aromatic heterocycles. The van der Waals surface area contributed by atoms with E-state index >= 15 is 0 Å². The lowest BCUT2D eigenvalue weighted by Crippen LogP contribution is -2.53. The first kappa shape index (κ1) is 17.6. The largest absolute Gasteiger partial charge is 0.396 e.